The fourth-order valence-corrected chi connectivity index (χ4v) is 2.55. The molecule has 1 rings (SSSR count). The topological polar surface area (TPSA) is 68.8 Å². The van der Waals surface area contributed by atoms with Crippen molar-refractivity contribution in [2.75, 3.05) is 45.2 Å². The third kappa shape index (κ3) is 7.80. The standard InChI is InChI=1S/C19H33N5O.HI/c1-7-24(16-10-8-9-15(2)13-16)12-11-22-18(21-6)23-14-19(3,4)17(25)20-5;/h8-10,13H,7,11-12,14H2,1-6H3,(H,20,25)(H2,21,22,23);1H. The zero-order chi connectivity index (χ0) is 18.9. The summed E-state index contributed by atoms with van der Waals surface area (Å²) in [4.78, 5) is 18.4. The molecule has 26 heavy (non-hydrogen) atoms. The van der Waals surface area contributed by atoms with Gasteiger partial charge >= 0.3 is 0 Å². The second-order valence-corrected chi connectivity index (χ2v) is 6.73. The SMILES string of the molecule is CCN(CCNC(=NC)NCC(C)(C)C(=O)NC)c1cccc(C)c1.I. The molecule has 0 saturated carbocycles. The lowest BCUT2D eigenvalue weighted by atomic mass is 9.92. The molecule has 0 unspecified atom stereocenters. The number of halogens is 1. The highest BCUT2D eigenvalue weighted by Gasteiger charge is 2.26. The van der Waals surface area contributed by atoms with Gasteiger partial charge in [0.25, 0.3) is 0 Å². The number of aliphatic imine (C=N–C) groups is 1. The first kappa shape index (κ1) is 24.5. The molecule has 0 saturated heterocycles. The molecule has 0 atom stereocenters. The van der Waals surface area contributed by atoms with Gasteiger partial charge < -0.3 is 20.9 Å². The van der Waals surface area contributed by atoms with Gasteiger partial charge in [-0.3, -0.25) is 9.79 Å². The van der Waals surface area contributed by atoms with Crippen molar-refractivity contribution in [2.24, 2.45) is 10.4 Å². The van der Waals surface area contributed by atoms with E-state index in [1.807, 2.05) is 13.8 Å². The number of rotatable bonds is 8. The number of guanidine groups is 1. The van der Waals surface area contributed by atoms with Crippen LogP contribution in [0.1, 0.15) is 26.3 Å². The van der Waals surface area contributed by atoms with Gasteiger partial charge in [0.05, 0.1) is 5.41 Å². The minimum Gasteiger partial charge on any atom is -0.370 e. The lowest BCUT2D eigenvalue weighted by Gasteiger charge is -2.26. The van der Waals surface area contributed by atoms with Gasteiger partial charge in [0, 0.05) is 46.0 Å². The van der Waals surface area contributed by atoms with Crippen LogP contribution >= 0.6 is 24.0 Å². The van der Waals surface area contributed by atoms with E-state index >= 15 is 0 Å². The van der Waals surface area contributed by atoms with Crippen LogP contribution in [0, 0.1) is 12.3 Å². The van der Waals surface area contributed by atoms with Crippen molar-refractivity contribution in [3.05, 3.63) is 29.8 Å². The van der Waals surface area contributed by atoms with E-state index in [1.165, 1.54) is 11.3 Å². The van der Waals surface area contributed by atoms with Crippen molar-refractivity contribution in [3.8, 4) is 0 Å². The Morgan fingerprint density at radius 2 is 1.96 bits per heavy atom. The Hall–Kier alpha value is -1.51. The van der Waals surface area contributed by atoms with Gasteiger partial charge in [-0.05, 0) is 45.4 Å². The van der Waals surface area contributed by atoms with Crippen LogP contribution in [0.3, 0.4) is 0 Å². The van der Waals surface area contributed by atoms with Crippen LogP contribution < -0.4 is 20.9 Å². The molecule has 7 heteroatoms. The number of aryl methyl sites for hydroxylation is 1. The third-order valence-corrected chi connectivity index (χ3v) is 4.19. The van der Waals surface area contributed by atoms with Gasteiger partial charge in [0.2, 0.25) is 5.91 Å². The normalized spacial score (nSPS) is 11.4. The average Bonchev–Trinajstić information content (AvgIpc) is 2.60. The van der Waals surface area contributed by atoms with E-state index in [4.69, 9.17) is 0 Å². The number of nitrogens with one attached hydrogen (secondary N) is 3. The molecule has 6 nitrogen and oxygen atoms in total. The molecule has 1 aromatic carbocycles. The highest BCUT2D eigenvalue weighted by atomic mass is 127. The molecule has 1 aromatic rings. The van der Waals surface area contributed by atoms with E-state index < -0.39 is 5.41 Å². The van der Waals surface area contributed by atoms with Crippen LogP contribution in [0.4, 0.5) is 5.69 Å². The fraction of sp³-hybridized carbons (Fsp3) is 0.579. The number of likely N-dealkylation sites (N-methyl/N-ethyl adjacent to an activating group) is 1. The Morgan fingerprint density at radius 1 is 1.27 bits per heavy atom. The summed E-state index contributed by atoms with van der Waals surface area (Å²) in [6, 6.07) is 8.52. The number of amides is 1. The zero-order valence-electron chi connectivity index (χ0n) is 16.8. The third-order valence-electron chi connectivity index (χ3n) is 4.19. The highest BCUT2D eigenvalue weighted by Crippen LogP contribution is 2.15. The first-order chi connectivity index (χ1) is 11.8. The number of carbonyl (C=O) groups excluding carboxylic acids is 1. The van der Waals surface area contributed by atoms with Crippen LogP contribution in [0.2, 0.25) is 0 Å². The van der Waals surface area contributed by atoms with Crippen LogP contribution in [0.5, 0.6) is 0 Å². The molecular weight excluding hydrogens is 441 g/mol. The fourth-order valence-electron chi connectivity index (χ4n) is 2.55. The molecule has 3 N–H and O–H groups in total. The summed E-state index contributed by atoms with van der Waals surface area (Å²) in [5.74, 6) is 0.712. The summed E-state index contributed by atoms with van der Waals surface area (Å²) in [5, 5.41) is 9.23. The van der Waals surface area contributed by atoms with Crippen molar-refractivity contribution in [2.45, 2.75) is 27.7 Å². The Balaban J connectivity index is 0.00000625. The second kappa shape index (κ2) is 12.0. The first-order valence-corrected chi connectivity index (χ1v) is 8.82. The van der Waals surface area contributed by atoms with Gasteiger partial charge in [-0.15, -0.1) is 24.0 Å². The minimum atomic E-state index is -0.497. The second-order valence-electron chi connectivity index (χ2n) is 6.73. The zero-order valence-corrected chi connectivity index (χ0v) is 19.2. The van der Waals surface area contributed by atoms with Gasteiger partial charge in [-0.25, -0.2) is 0 Å². The van der Waals surface area contributed by atoms with E-state index in [2.05, 4.69) is 64.0 Å². The molecule has 0 spiro atoms. The monoisotopic (exact) mass is 475 g/mol. The predicted octanol–water partition coefficient (Wildman–Crippen LogP) is 2.38. The minimum absolute atomic E-state index is 0. The van der Waals surface area contributed by atoms with Crippen LogP contribution in [-0.2, 0) is 4.79 Å². The molecule has 0 aliphatic rings. The molecule has 0 aromatic heterocycles. The molecule has 0 aliphatic heterocycles. The van der Waals surface area contributed by atoms with Gasteiger partial charge in [-0.2, -0.15) is 0 Å². The Bertz CT molecular complexity index is 589. The van der Waals surface area contributed by atoms with Gasteiger partial charge in [0.1, 0.15) is 0 Å². The van der Waals surface area contributed by atoms with Crippen molar-refractivity contribution in [3.63, 3.8) is 0 Å². The van der Waals surface area contributed by atoms with E-state index in [1.54, 1.807) is 14.1 Å². The lowest BCUT2D eigenvalue weighted by molar-refractivity contribution is -0.128. The average molecular weight is 475 g/mol. The molecule has 0 heterocycles. The van der Waals surface area contributed by atoms with Crippen LogP contribution in [0.25, 0.3) is 0 Å². The smallest absolute Gasteiger partial charge is 0.227 e. The summed E-state index contributed by atoms with van der Waals surface area (Å²) in [6.45, 7) is 11.2. The maximum absolute atomic E-state index is 11.8. The maximum Gasteiger partial charge on any atom is 0.227 e. The van der Waals surface area contributed by atoms with Gasteiger partial charge in [-0.1, -0.05) is 12.1 Å². The summed E-state index contributed by atoms with van der Waals surface area (Å²) >= 11 is 0. The first-order valence-electron chi connectivity index (χ1n) is 8.82. The largest absolute Gasteiger partial charge is 0.370 e. The van der Waals surface area contributed by atoms with E-state index in [0.717, 1.165) is 19.6 Å². The van der Waals surface area contributed by atoms with Gasteiger partial charge in [0.15, 0.2) is 5.96 Å². The number of benzene rings is 1. The molecule has 0 aliphatic carbocycles. The summed E-state index contributed by atoms with van der Waals surface area (Å²) in [5.41, 5.74) is 1.99. The maximum atomic E-state index is 11.8. The van der Waals surface area contributed by atoms with Crippen LogP contribution in [-0.4, -0.2) is 52.1 Å². The van der Waals surface area contributed by atoms with E-state index in [9.17, 15) is 4.79 Å². The van der Waals surface area contributed by atoms with E-state index in [0.29, 0.717) is 12.5 Å². The molecule has 1 amide bonds. The van der Waals surface area contributed by atoms with Crippen molar-refractivity contribution >= 4 is 41.5 Å². The molecule has 148 valence electrons. The summed E-state index contributed by atoms with van der Waals surface area (Å²) < 4.78 is 0. The van der Waals surface area contributed by atoms with Crippen molar-refractivity contribution in [1.82, 2.24) is 16.0 Å². The number of hydrogen-bond donors (Lipinski definition) is 3. The van der Waals surface area contributed by atoms with Crippen molar-refractivity contribution < 1.29 is 4.79 Å². The molecule has 0 bridgehead atoms. The number of nitrogens with zero attached hydrogens (tertiary/aromatic N) is 2. The highest BCUT2D eigenvalue weighted by molar-refractivity contribution is 14.0. The lowest BCUT2D eigenvalue weighted by Crippen LogP contribution is -2.48. The van der Waals surface area contributed by atoms with Crippen LogP contribution in [0.15, 0.2) is 29.3 Å². The molecular formula is C19H34IN5O. The predicted molar refractivity (Wildman–Crippen MR) is 122 cm³/mol. The number of carbonyl (C=O) groups is 1. The van der Waals surface area contributed by atoms with Crippen molar-refractivity contribution in [1.29, 1.82) is 0 Å². The number of anilines is 1. The Morgan fingerprint density at radius 3 is 2.50 bits per heavy atom. The summed E-state index contributed by atoms with van der Waals surface area (Å²) in [7, 11) is 3.39. The molecule has 0 radical (unpaired) electrons. The van der Waals surface area contributed by atoms with E-state index in [-0.39, 0.29) is 29.9 Å². The quantitative estimate of drug-likeness (QED) is 0.307. The number of hydrogen-bond acceptors (Lipinski definition) is 3. The molecule has 0 fully saturated rings. The summed E-state index contributed by atoms with van der Waals surface area (Å²) in [6.07, 6.45) is 0. The Labute approximate surface area is 175 Å². The Kier molecular flexibility index (Phi) is 11.3.